The minimum atomic E-state index is -0.0698. The van der Waals surface area contributed by atoms with E-state index in [4.69, 9.17) is 5.26 Å². The van der Waals surface area contributed by atoms with Crippen LogP contribution in [0, 0.1) is 11.3 Å². The Labute approximate surface area is 139 Å². The normalized spacial score (nSPS) is 21.2. The van der Waals surface area contributed by atoms with Crippen molar-refractivity contribution in [2.45, 2.75) is 38.3 Å². The van der Waals surface area contributed by atoms with Crippen molar-refractivity contribution in [2.24, 2.45) is 0 Å². The summed E-state index contributed by atoms with van der Waals surface area (Å²) in [6.07, 6.45) is 7.81. The molecule has 1 aliphatic rings. The van der Waals surface area contributed by atoms with Gasteiger partial charge < -0.3 is 14.5 Å². The van der Waals surface area contributed by atoms with Crippen molar-refractivity contribution in [3.05, 3.63) is 30.7 Å². The molecule has 122 valence electrons. The second-order valence-electron chi connectivity index (χ2n) is 6.40. The highest BCUT2D eigenvalue weighted by molar-refractivity contribution is 6.02. The predicted octanol–water partition coefficient (Wildman–Crippen LogP) is 2.98. The van der Waals surface area contributed by atoms with E-state index in [9.17, 15) is 4.79 Å². The van der Waals surface area contributed by atoms with Gasteiger partial charge in [-0.15, -0.1) is 0 Å². The molecule has 0 aliphatic carbocycles. The molecule has 6 nitrogen and oxygen atoms in total. The van der Waals surface area contributed by atoms with Gasteiger partial charge in [0.25, 0.3) is 0 Å². The summed E-state index contributed by atoms with van der Waals surface area (Å²) in [5, 5.41) is 11.0. The third-order valence-electron chi connectivity index (χ3n) is 5.11. The molecule has 1 amide bonds. The fraction of sp³-hybridized carbons (Fsp3) is 0.389. The summed E-state index contributed by atoms with van der Waals surface area (Å²) in [6.45, 7) is 2.82. The average Bonchev–Trinajstić information content (AvgIpc) is 3.21. The number of piperidine rings is 1. The number of aromatic amines is 1. The van der Waals surface area contributed by atoms with Crippen molar-refractivity contribution in [3.63, 3.8) is 0 Å². The van der Waals surface area contributed by atoms with Crippen LogP contribution in [-0.4, -0.2) is 37.9 Å². The molecule has 3 aromatic heterocycles. The van der Waals surface area contributed by atoms with Crippen molar-refractivity contribution in [3.8, 4) is 6.07 Å². The molecule has 2 atom stereocenters. The van der Waals surface area contributed by atoms with E-state index < -0.39 is 0 Å². The van der Waals surface area contributed by atoms with Gasteiger partial charge in [-0.1, -0.05) is 0 Å². The number of carbonyl (C=O) groups excluding carboxylic acids is 1. The number of hydrogen-bond donors (Lipinski definition) is 1. The van der Waals surface area contributed by atoms with E-state index in [1.165, 1.54) is 0 Å². The summed E-state index contributed by atoms with van der Waals surface area (Å²) in [4.78, 5) is 21.7. The minimum absolute atomic E-state index is 0.0462. The lowest BCUT2D eigenvalue weighted by molar-refractivity contribution is -0.134. The number of aromatic nitrogens is 3. The van der Waals surface area contributed by atoms with Gasteiger partial charge in [0.2, 0.25) is 5.91 Å². The van der Waals surface area contributed by atoms with Crippen molar-refractivity contribution in [1.29, 1.82) is 5.26 Å². The Bertz CT molecular complexity index is 947. The lowest BCUT2D eigenvalue weighted by atomic mass is 9.96. The molecular weight excluding hydrogens is 302 g/mol. The summed E-state index contributed by atoms with van der Waals surface area (Å²) in [5.41, 5.74) is 2.04. The second-order valence-corrected chi connectivity index (χ2v) is 6.40. The molecule has 1 fully saturated rings. The molecule has 0 saturated carbocycles. The molecule has 4 rings (SSSR count). The predicted molar refractivity (Wildman–Crippen MR) is 91.3 cm³/mol. The monoisotopic (exact) mass is 321 g/mol. The molecule has 24 heavy (non-hydrogen) atoms. The first-order valence-corrected chi connectivity index (χ1v) is 8.29. The highest BCUT2D eigenvalue weighted by Gasteiger charge is 2.32. The Balaban J connectivity index is 1.78. The molecule has 1 aliphatic heterocycles. The third kappa shape index (κ3) is 2.16. The molecule has 1 saturated heterocycles. The van der Waals surface area contributed by atoms with E-state index in [0.29, 0.717) is 0 Å². The maximum Gasteiger partial charge on any atom is 0.237 e. The number of fused-ring (bicyclic) bond motifs is 3. The lowest BCUT2D eigenvalue weighted by Gasteiger charge is -2.40. The Morgan fingerprint density at radius 2 is 2.38 bits per heavy atom. The summed E-state index contributed by atoms with van der Waals surface area (Å²) in [7, 11) is 0. The number of pyridine rings is 1. The largest absolute Gasteiger partial charge is 0.346 e. The van der Waals surface area contributed by atoms with Gasteiger partial charge in [0.1, 0.15) is 12.1 Å². The molecule has 1 N–H and O–H groups in total. The van der Waals surface area contributed by atoms with Crippen LogP contribution < -0.4 is 0 Å². The summed E-state index contributed by atoms with van der Waals surface area (Å²) in [5.74, 6) is -0.0698. The topological polar surface area (TPSA) is 77.7 Å². The molecule has 3 aromatic rings. The van der Waals surface area contributed by atoms with Crippen LogP contribution in [0.4, 0.5) is 0 Å². The Kier molecular flexibility index (Phi) is 3.49. The number of rotatable bonds is 2. The summed E-state index contributed by atoms with van der Waals surface area (Å²) < 4.78 is 2.28. The van der Waals surface area contributed by atoms with Crippen molar-refractivity contribution >= 4 is 27.8 Å². The Morgan fingerprint density at radius 1 is 1.50 bits per heavy atom. The molecule has 0 bridgehead atoms. The molecule has 6 heteroatoms. The van der Waals surface area contributed by atoms with Gasteiger partial charge in [-0.05, 0) is 31.9 Å². The van der Waals surface area contributed by atoms with Crippen LogP contribution in [0.2, 0.25) is 0 Å². The number of amides is 1. The van der Waals surface area contributed by atoms with E-state index >= 15 is 0 Å². The minimum Gasteiger partial charge on any atom is -0.346 e. The van der Waals surface area contributed by atoms with Crippen molar-refractivity contribution < 1.29 is 4.79 Å². The van der Waals surface area contributed by atoms with Gasteiger partial charge >= 0.3 is 0 Å². The van der Waals surface area contributed by atoms with E-state index in [0.717, 1.165) is 41.3 Å². The van der Waals surface area contributed by atoms with E-state index in [1.807, 2.05) is 29.4 Å². The standard InChI is InChI=1S/C18H19N5O/c1-12-15(3-2-9-22(12)16(24)4-7-19)23-10-6-13-11-21-18-14(17(13)23)5-8-20-18/h5-6,8,10-12,15H,2-4,9H2,1H3,(H,20,21). The fourth-order valence-electron chi connectivity index (χ4n) is 3.95. The number of nitrogens with zero attached hydrogens (tertiary/aromatic N) is 4. The van der Waals surface area contributed by atoms with Crippen LogP contribution >= 0.6 is 0 Å². The van der Waals surface area contributed by atoms with E-state index in [1.54, 1.807) is 0 Å². The average molecular weight is 321 g/mol. The molecule has 0 aromatic carbocycles. The maximum atomic E-state index is 12.2. The maximum absolute atomic E-state index is 12.2. The van der Waals surface area contributed by atoms with Gasteiger partial charge in [-0.25, -0.2) is 4.98 Å². The zero-order chi connectivity index (χ0) is 16.7. The smallest absolute Gasteiger partial charge is 0.237 e. The Morgan fingerprint density at radius 3 is 3.21 bits per heavy atom. The summed E-state index contributed by atoms with van der Waals surface area (Å²) >= 11 is 0. The quantitative estimate of drug-likeness (QED) is 0.788. The summed E-state index contributed by atoms with van der Waals surface area (Å²) in [6, 6.07) is 6.38. The van der Waals surface area contributed by atoms with Crippen molar-refractivity contribution in [2.75, 3.05) is 6.54 Å². The lowest BCUT2D eigenvalue weighted by Crippen LogP contribution is -2.47. The van der Waals surface area contributed by atoms with Gasteiger partial charge in [0.05, 0.1) is 17.6 Å². The Hall–Kier alpha value is -2.81. The van der Waals surface area contributed by atoms with E-state index in [-0.39, 0.29) is 24.4 Å². The van der Waals surface area contributed by atoms with Crippen LogP contribution in [0.15, 0.2) is 30.7 Å². The van der Waals surface area contributed by atoms with Crippen LogP contribution in [0.25, 0.3) is 21.9 Å². The molecule has 2 unspecified atom stereocenters. The van der Waals surface area contributed by atoms with Gasteiger partial charge in [-0.3, -0.25) is 4.79 Å². The van der Waals surface area contributed by atoms with Gasteiger partial charge in [0.15, 0.2) is 0 Å². The molecule has 4 heterocycles. The number of nitrogens with one attached hydrogen (secondary N) is 1. The highest BCUT2D eigenvalue weighted by Crippen LogP contribution is 2.34. The number of nitriles is 1. The molecular formula is C18H19N5O. The van der Waals surface area contributed by atoms with Gasteiger partial charge in [-0.2, -0.15) is 5.26 Å². The third-order valence-corrected chi connectivity index (χ3v) is 5.11. The first kappa shape index (κ1) is 14.8. The number of carbonyl (C=O) groups is 1. The zero-order valence-electron chi connectivity index (χ0n) is 13.6. The van der Waals surface area contributed by atoms with Crippen LogP contribution in [-0.2, 0) is 4.79 Å². The van der Waals surface area contributed by atoms with Crippen LogP contribution in [0.5, 0.6) is 0 Å². The van der Waals surface area contributed by atoms with Crippen molar-refractivity contribution in [1.82, 2.24) is 19.4 Å². The van der Waals surface area contributed by atoms with E-state index in [2.05, 4.69) is 33.7 Å². The fourth-order valence-corrected chi connectivity index (χ4v) is 3.95. The first-order chi connectivity index (χ1) is 11.7. The number of likely N-dealkylation sites (tertiary alicyclic amines) is 1. The number of hydrogen-bond acceptors (Lipinski definition) is 3. The van der Waals surface area contributed by atoms with Crippen LogP contribution in [0.1, 0.15) is 32.2 Å². The van der Waals surface area contributed by atoms with Crippen LogP contribution in [0.3, 0.4) is 0 Å². The number of H-pyrrole nitrogens is 1. The SMILES string of the molecule is CC1C(n2ccc3cnc4[nH]ccc4c32)CCCN1C(=O)CC#N. The molecule has 0 radical (unpaired) electrons. The zero-order valence-corrected chi connectivity index (χ0v) is 13.6. The first-order valence-electron chi connectivity index (χ1n) is 8.29. The second kappa shape index (κ2) is 5.68. The van der Waals surface area contributed by atoms with Gasteiger partial charge in [0, 0.05) is 41.9 Å². The highest BCUT2D eigenvalue weighted by atomic mass is 16.2. The molecule has 0 spiro atoms.